The number of hydrogen-bond donors (Lipinski definition) is 1. The average Bonchev–Trinajstić information content (AvgIpc) is 2.18. The molecule has 0 aromatic heterocycles. The Balaban J connectivity index is 2.62. The lowest BCUT2D eigenvalue weighted by molar-refractivity contribution is 0.0954. The average molecular weight is 208 g/mol. The van der Waals surface area contributed by atoms with Crippen molar-refractivity contribution in [2.24, 2.45) is 0 Å². The van der Waals surface area contributed by atoms with Gasteiger partial charge in [0.1, 0.15) is 0 Å². The number of carbonyl (C=O) groups is 1. The Labute approximate surface area is 88.3 Å². The van der Waals surface area contributed by atoms with E-state index in [1.807, 2.05) is 0 Å². The predicted molar refractivity (Wildman–Crippen MR) is 57.2 cm³/mol. The van der Waals surface area contributed by atoms with Gasteiger partial charge in [-0.05, 0) is 12.1 Å². The van der Waals surface area contributed by atoms with Crippen LogP contribution in [-0.4, -0.2) is 12.5 Å². The second-order valence-corrected chi connectivity index (χ2v) is 3.10. The highest BCUT2D eigenvalue weighted by Gasteiger charge is 2.07. The van der Waals surface area contributed by atoms with Crippen molar-refractivity contribution in [1.82, 2.24) is 5.32 Å². The molecule has 14 heavy (non-hydrogen) atoms. The summed E-state index contributed by atoms with van der Waals surface area (Å²) in [5.41, 5.74) is 0.478. The van der Waals surface area contributed by atoms with Crippen molar-refractivity contribution in [3.8, 4) is 12.3 Å². The molecule has 0 saturated heterocycles. The van der Waals surface area contributed by atoms with E-state index in [9.17, 15) is 4.79 Å². The number of rotatable bonds is 3. The standard InChI is InChI=1S/C11H10ClNO/c1-2-3-8-13-11(14)9-6-4-5-7-10(9)12/h1,4-7H,3,8H2,(H,13,14). The highest BCUT2D eigenvalue weighted by molar-refractivity contribution is 6.33. The molecule has 0 heterocycles. The van der Waals surface area contributed by atoms with Crippen LogP contribution in [0, 0.1) is 12.3 Å². The summed E-state index contributed by atoms with van der Waals surface area (Å²) >= 11 is 5.83. The molecule has 1 N–H and O–H groups in total. The van der Waals surface area contributed by atoms with Crippen molar-refractivity contribution >= 4 is 17.5 Å². The van der Waals surface area contributed by atoms with Crippen LogP contribution in [0.1, 0.15) is 16.8 Å². The first-order valence-corrected chi connectivity index (χ1v) is 4.59. The molecular formula is C11H10ClNO. The third-order valence-electron chi connectivity index (χ3n) is 1.67. The van der Waals surface area contributed by atoms with Gasteiger partial charge < -0.3 is 5.32 Å². The Bertz CT molecular complexity index is 368. The third kappa shape index (κ3) is 2.79. The molecule has 0 aliphatic heterocycles. The molecule has 0 radical (unpaired) electrons. The summed E-state index contributed by atoms with van der Waals surface area (Å²) in [6.45, 7) is 0.473. The van der Waals surface area contributed by atoms with Crippen molar-refractivity contribution in [1.29, 1.82) is 0 Å². The van der Waals surface area contributed by atoms with Gasteiger partial charge in [0.25, 0.3) is 5.91 Å². The Morgan fingerprint density at radius 2 is 2.21 bits per heavy atom. The van der Waals surface area contributed by atoms with Crippen molar-refractivity contribution in [3.05, 3.63) is 34.9 Å². The first-order valence-electron chi connectivity index (χ1n) is 4.22. The summed E-state index contributed by atoms with van der Waals surface area (Å²) in [7, 11) is 0. The van der Waals surface area contributed by atoms with Gasteiger partial charge in [-0.25, -0.2) is 0 Å². The smallest absolute Gasteiger partial charge is 0.252 e. The molecule has 0 atom stereocenters. The summed E-state index contributed by atoms with van der Waals surface area (Å²) in [6.07, 6.45) is 5.58. The van der Waals surface area contributed by atoms with Crippen LogP contribution in [0.3, 0.4) is 0 Å². The molecule has 1 aromatic carbocycles. The second-order valence-electron chi connectivity index (χ2n) is 2.69. The number of nitrogens with one attached hydrogen (secondary N) is 1. The van der Waals surface area contributed by atoms with Crippen LogP contribution in [0.15, 0.2) is 24.3 Å². The lowest BCUT2D eigenvalue weighted by Crippen LogP contribution is -2.24. The highest BCUT2D eigenvalue weighted by atomic mass is 35.5. The molecule has 0 spiro atoms. The van der Waals surface area contributed by atoms with E-state index in [0.29, 0.717) is 23.6 Å². The molecule has 0 aliphatic carbocycles. The molecule has 0 saturated carbocycles. The maximum absolute atomic E-state index is 11.5. The summed E-state index contributed by atoms with van der Waals surface area (Å²) in [5.74, 6) is 2.25. The van der Waals surface area contributed by atoms with E-state index in [0.717, 1.165) is 0 Å². The minimum Gasteiger partial charge on any atom is -0.351 e. The molecule has 1 aromatic rings. The number of halogens is 1. The first kappa shape index (κ1) is 10.6. The summed E-state index contributed by atoms with van der Waals surface area (Å²) in [5, 5.41) is 3.12. The van der Waals surface area contributed by atoms with Gasteiger partial charge in [0, 0.05) is 13.0 Å². The largest absolute Gasteiger partial charge is 0.351 e. The van der Waals surface area contributed by atoms with Gasteiger partial charge >= 0.3 is 0 Å². The molecule has 0 unspecified atom stereocenters. The molecule has 1 amide bonds. The van der Waals surface area contributed by atoms with Crippen LogP contribution in [-0.2, 0) is 0 Å². The predicted octanol–water partition coefficient (Wildman–Crippen LogP) is 2.09. The van der Waals surface area contributed by atoms with Crippen molar-refractivity contribution in [2.75, 3.05) is 6.54 Å². The summed E-state index contributed by atoms with van der Waals surface area (Å²) in [6, 6.07) is 6.90. The van der Waals surface area contributed by atoms with Crippen molar-refractivity contribution in [3.63, 3.8) is 0 Å². The van der Waals surface area contributed by atoms with Crippen LogP contribution in [0.2, 0.25) is 5.02 Å². The summed E-state index contributed by atoms with van der Waals surface area (Å²) in [4.78, 5) is 11.5. The molecule has 0 bridgehead atoms. The quantitative estimate of drug-likeness (QED) is 0.597. The molecule has 0 aliphatic rings. The lowest BCUT2D eigenvalue weighted by atomic mass is 10.2. The van der Waals surface area contributed by atoms with E-state index >= 15 is 0 Å². The number of terminal acetylenes is 1. The van der Waals surface area contributed by atoms with E-state index in [2.05, 4.69) is 11.2 Å². The van der Waals surface area contributed by atoms with Gasteiger partial charge in [-0.15, -0.1) is 12.3 Å². The molecule has 0 fully saturated rings. The van der Waals surface area contributed by atoms with Gasteiger partial charge in [0.05, 0.1) is 10.6 Å². The van der Waals surface area contributed by atoms with Gasteiger partial charge in [-0.1, -0.05) is 23.7 Å². The zero-order valence-electron chi connectivity index (χ0n) is 7.59. The van der Waals surface area contributed by atoms with E-state index in [4.69, 9.17) is 18.0 Å². The van der Waals surface area contributed by atoms with Gasteiger partial charge in [-0.2, -0.15) is 0 Å². The Hall–Kier alpha value is -1.46. The van der Waals surface area contributed by atoms with Crippen LogP contribution in [0.4, 0.5) is 0 Å². The zero-order valence-corrected chi connectivity index (χ0v) is 8.34. The van der Waals surface area contributed by atoms with Crippen LogP contribution >= 0.6 is 11.6 Å². The fraction of sp³-hybridized carbons (Fsp3) is 0.182. The lowest BCUT2D eigenvalue weighted by Gasteiger charge is -2.04. The Morgan fingerprint density at radius 3 is 2.86 bits per heavy atom. The SMILES string of the molecule is C#CCCNC(=O)c1ccccc1Cl. The number of benzene rings is 1. The highest BCUT2D eigenvalue weighted by Crippen LogP contribution is 2.14. The topological polar surface area (TPSA) is 29.1 Å². The molecule has 3 heteroatoms. The fourth-order valence-corrected chi connectivity index (χ4v) is 1.21. The normalized spacial score (nSPS) is 9.14. The molecule has 1 rings (SSSR count). The van der Waals surface area contributed by atoms with Crippen LogP contribution in [0.5, 0.6) is 0 Å². The molecule has 2 nitrogen and oxygen atoms in total. The van der Waals surface area contributed by atoms with Crippen molar-refractivity contribution in [2.45, 2.75) is 6.42 Å². The van der Waals surface area contributed by atoms with E-state index in [1.165, 1.54) is 0 Å². The minimum absolute atomic E-state index is 0.189. The van der Waals surface area contributed by atoms with Gasteiger partial charge in [0.2, 0.25) is 0 Å². The van der Waals surface area contributed by atoms with E-state index in [1.54, 1.807) is 24.3 Å². The Kier molecular flexibility index (Phi) is 4.03. The number of hydrogen-bond acceptors (Lipinski definition) is 1. The van der Waals surface area contributed by atoms with Crippen LogP contribution in [0.25, 0.3) is 0 Å². The maximum Gasteiger partial charge on any atom is 0.252 e. The molecule has 72 valence electrons. The Morgan fingerprint density at radius 1 is 1.50 bits per heavy atom. The fourth-order valence-electron chi connectivity index (χ4n) is 0.989. The number of carbonyl (C=O) groups excluding carboxylic acids is 1. The van der Waals surface area contributed by atoms with E-state index < -0.39 is 0 Å². The van der Waals surface area contributed by atoms with Gasteiger partial charge in [-0.3, -0.25) is 4.79 Å². The van der Waals surface area contributed by atoms with Crippen LogP contribution < -0.4 is 5.32 Å². The first-order chi connectivity index (χ1) is 6.75. The van der Waals surface area contributed by atoms with Gasteiger partial charge in [0.15, 0.2) is 0 Å². The van der Waals surface area contributed by atoms with Crippen molar-refractivity contribution < 1.29 is 4.79 Å². The monoisotopic (exact) mass is 207 g/mol. The maximum atomic E-state index is 11.5. The summed E-state index contributed by atoms with van der Waals surface area (Å²) < 4.78 is 0. The molecular weight excluding hydrogens is 198 g/mol. The van der Waals surface area contributed by atoms with E-state index in [-0.39, 0.29) is 5.91 Å². The number of amides is 1. The minimum atomic E-state index is -0.189. The third-order valence-corrected chi connectivity index (χ3v) is 2.00. The zero-order chi connectivity index (χ0) is 10.4. The second kappa shape index (κ2) is 5.31.